The third-order valence-corrected chi connectivity index (χ3v) is 3.82. The first-order valence-electron chi connectivity index (χ1n) is 5.53. The highest BCUT2D eigenvalue weighted by atomic mass is 28.3. The summed E-state index contributed by atoms with van der Waals surface area (Å²) in [4.78, 5) is 0. The Hall–Kier alpha value is -0.0831. The second-order valence-electron chi connectivity index (χ2n) is 6.08. The average Bonchev–Trinajstić information content (AvgIpc) is 1.96. The first kappa shape index (κ1) is 13.9. The minimum absolute atomic E-state index is 0.255. The zero-order valence-electron chi connectivity index (χ0n) is 10.4. The van der Waals surface area contributed by atoms with Gasteiger partial charge in [-0.15, -0.1) is 0 Å². The molecule has 14 heavy (non-hydrogen) atoms. The number of aliphatic hydroxyl groups is 1. The van der Waals surface area contributed by atoms with Gasteiger partial charge in [0.2, 0.25) is 0 Å². The van der Waals surface area contributed by atoms with E-state index in [1.165, 1.54) is 6.04 Å². The summed E-state index contributed by atoms with van der Waals surface area (Å²) in [5.74, 6) is 0. The second kappa shape index (κ2) is 5.71. The number of hydrogen-bond donors (Lipinski definition) is 1. The average molecular weight is 214 g/mol. The maximum absolute atomic E-state index is 8.87. The van der Waals surface area contributed by atoms with Gasteiger partial charge in [-0.25, -0.2) is 0 Å². The van der Waals surface area contributed by atoms with Crippen molar-refractivity contribution >= 4 is 8.07 Å². The van der Waals surface area contributed by atoms with E-state index in [-0.39, 0.29) is 5.41 Å². The van der Waals surface area contributed by atoms with E-state index in [0.717, 1.165) is 12.8 Å². The summed E-state index contributed by atoms with van der Waals surface area (Å²) in [6.07, 6.45) is 6.58. The highest BCUT2D eigenvalue weighted by Crippen LogP contribution is 2.25. The van der Waals surface area contributed by atoms with Gasteiger partial charge in [-0.05, 0) is 24.3 Å². The largest absolute Gasteiger partial charge is 0.396 e. The van der Waals surface area contributed by atoms with Crippen molar-refractivity contribution in [3.63, 3.8) is 0 Å². The summed E-state index contributed by atoms with van der Waals surface area (Å²) in [5.41, 5.74) is 0.255. The molecular formula is C12H26OSi. The van der Waals surface area contributed by atoms with E-state index in [4.69, 9.17) is 5.11 Å². The molecule has 1 N–H and O–H groups in total. The summed E-state index contributed by atoms with van der Waals surface area (Å²) in [6.45, 7) is 11.9. The van der Waals surface area contributed by atoms with Crippen molar-refractivity contribution in [3.05, 3.63) is 12.2 Å². The predicted molar refractivity (Wildman–Crippen MR) is 67.4 cm³/mol. The maximum atomic E-state index is 8.87. The molecule has 0 aliphatic rings. The molecule has 0 fully saturated rings. The SMILES string of the molecule is CC(C)(C/C=C\C[Si](C)(C)C)CCO. The van der Waals surface area contributed by atoms with Crippen molar-refractivity contribution in [2.45, 2.75) is 52.4 Å². The lowest BCUT2D eigenvalue weighted by Gasteiger charge is -2.21. The maximum Gasteiger partial charge on any atom is 0.0480 e. The quantitative estimate of drug-likeness (QED) is 0.528. The van der Waals surface area contributed by atoms with Gasteiger partial charge in [0, 0.05) is 14.7 Å². The summed E-state index contributed by atoms with van der Waals surface area (Å²) in [6, 6.07) is 1.27. The molecule has 2 heteroatoms. The van der Waals surface area contributed by atoms with Gasteiger partial charge in [-0.3, -0.25) is 0 Å². The van der Waals surface area contributed by atoms with E-state index >= 15 is 0 Å². The normalized spacial score (nSPS) is 13.9. The van der Waals surface area contributed by atoms with Crippen LogP contribution in [0.3, 0.4) is 0 Å². The van der Waals surface area contributed by atoms with Crippen LogP contribution in [0.25, 0.3) is 0 Å². The topological polar surface area (TPSA) is 20.2 Å². The van der Waals surface area contributed by atoms with Gasteiger partial charge >= 0.3 is 0 Å². The van der Waals surface area contributed by atoms with E-state index in [9.17, 15) is 0 Å². The smallest absolute Gasteiger partial charge is 0.0480 e. The Balaban J connectivity index is 3.81. The molecule has 0 aliphatic heterocycles. The third kappa shape index (κ3) is 8.51. The van der Waals surface area contributed by atoms with E-state index in [0.29, 0.717) is 6.61 Å². The summed E-state index contributed by atoms with van der Waals surface area (Å²) in [7, 11) is -0.908. The van der Waals surface area contributed by atoms with Gasteiger partial charge in [-0.1, -0.05) is 45.6 Å². The molecule has 0 aromatic carbocycles. The van der Waals surface area contributed by atoms with Crippen molar-refractivity contribution in [1.82, 2.24) is 0 Å². The van der Waals surface area contributed by atoms with Crippen molar-refractivity contribution in [3.8, 4) is 0 Å². The molecule has 0 rings (SSSR count). The molecule has 0 spiro atoms. The molecule has 84 valence electrons. The zero-order valence-corrected chi connectivity index (χ0v) is 11.4. The second-order valence-corrected chi connectivity index (χ2v) is 11.6. The molecule has 0 aliphatic carbocycles. The lowest BCUT2D eigenvalue weighted by molar-refractivity contribution is 0.213. The number of rotatable bonds is 6. The molecule has 0 amide bonds. The van der Waals surface area contributed by atoms with Crippen LogP contribution < -0.4 is 0 Å². The monoisotopic (exact) mass is 214 g/mol. The van der Waals surface area contributed by atoms with Crippen molar-refractivity contribution in [1.29, 1.82) is 0 Å². The van der Waals surface area contributed by atoms with Crippen LogP contribution >= 0.6 is 0 Å². The van der Waals surface area contributed by atoms with E-state index in [2.05, 4.69) is 45.6 Å². The molecule has 1 nitrogen and oxygen atoms in total. The number of aliphatic hydroxyl groups excluding tert-OH is 1. The predicted octanol–water partition coefficient (Wildman–Crippen LogP) is 3.68. The van der Waals surface area contributed by atoms with Gasteiger partial charge in [0.25, 0.3) is 0 Å². The molecule has 0 atom stereocenters. The van der Waals surface area contributed by atoms with Gasteiger partial charge < -0.3 is 5.11 Å². The van der Waals surface area contributed by atoms with Gasteiger partial charge in [0.05, 0.1) is 0 Å². The fourth-order valence-corrected chi connectivity index (χ4v) is 2.12. The van der Waals surface area contributed by atoms with Gasteiger partial charge in [0.1, 0.15) is 0 Å². The first-order valence-corrected chi connectivity index (χ1v) is 9.23. The molecule has 0 saturated carbocycles. The van der Waals surface area contributed by atoms with Gasteiger partial charge in [-0.2, -0.15) is 0 Å². The van der Waals surface area contributed by atoms with E-state index in [1.807, 2.05) is 0 Å². The lowest BCUT2D eigenvalue weighted by atomic mass is 9.86. The fourth-order valence-electron chi connectivity index (χ4n) is 1.24. The Kier molecular flexibility index (Phi) is 5.68. The van der Waals surface area contributed by atoms with Crippen LogP contribution in [0.1, 0.15) is 26.7 Å². The highest BCUT2D eigenvalue weighted by Gasteiger charge is 2.15. The van der Waals surface area contributed by atoms with Crippen LogP contribution in [0, 0.1) is 5.41 Å². The summed E-state index contributed by atoms with van der Waals surface area (Å²) >= 11 is 0. The number of allylic oxidation sites excluding steroid dienone is 2. The van der Waals surface area contributed by atoms with Crippen molar-refractivity contribution < 1.29 is 5.11 Å². The molecule has 0 saturated heterocycles. The van der Waals surface area contributed by atoms with Crippen LogP contribution in [-0.2, 0) is 0 Å². The highest BCUT2D eigenvalue weighted by molar-refractivity contribution is 6.76. The van der Waals surface area contributed by atoms with Crippen LogP contribution in [0.4, 0.5) is 0 Å². The van der Waals surface area contributed by atoms with Crippen LogP contribution in [-0.4, -0.2) is 19.8 Å². The van der Waals surface area contributed by atoms with E-state index < -0.39 is 8.07 Å². The van der Waals surface area contributed by atoms with E-state index in [1.54, 1.807) is 0 Å². The molecule has 0 bridgehead atoms. The standard InChI is InChI=1S/C12H26OSi/c1-12(2,9-10-13)8-6-7-11-14(3,4)5/h6-7,13H,8-11H2,1-5H3/b7-6-. The van der Waals surface area contributed by atoms with Crippen LogP contribution in [0.5, 0.6) is 0 Å². The molecule has 0 aromatic rings. The molecule has 0 unspecified atom stereocenters. The van der Waals surface area contributed by atoms with Crippen LogP contribution in [0.15, 0.2) is 12.2 Å². The Bertz CT molecular complexity index is 177. The van der Waals surface area contributed by atoms with Gasteiger partial charge in [0.15, 0.2) is 0 Å². The Morgan fingerprint density at radius 3 is 2.14 bits per heavy atom. The van der Waals surface area contributed by atoms with Crippen molar-refractivity contribution in [2.75, 3.05) is 6.61 Å². The van der Waals surface area contributed by atoms with Crippen LogP contribution in [0.2, 0.25) is 25.7 Å². The minimum atomic E-state index is -0.908. The zero-order chi connectivity index (χ0) is 11.2. The number of hydrogen-bond acceptors (Lipinski definition) is 1. The summed E-state index contributed by atoms with van der Waals surface area (Å²) < 4.78 is 0. The molecular weight excluding hydrogens is 188 g/mol. The fraction of sp³-hybridized carbons (Fsp3) is 0.833. The Morgan fingerprint density at radius 2 is 1.71 bits per heavy atom. The molecule has 0 radical (unpaired) electrons. The summed E-state index contributed by atoms with van der Waals surface area (Å²) in [5, 5.41) is 8.87. The Labute approximate surface area is 90.2 Å². The third-order valence-electron chi connectivity index (χ3n) is 2.36. The van der Waals surface area contributed by atoms with Crippen molar-refractivity contribution in [2.24, 2.45) is 5.41 Å². The molecule has 0 aromatic heterocycles. The lowest BCUT2D eigenvalue weighted by Crippen LogP contribution is -2.17. The molecule has 0 heterocycles. The Morgan fingerprint density at radius 1 is 1.14 bits per heavy atom. The minimum Gasteiger partial charge on any atom is -0.396 e. The first-order chi connectivity index (χ1) is 6.27.